The van der Waals surface area contributed by atoms with Crippen molar-refractivity contribution in [1.29, 1.82) is 0 Å². The molecule has 0 bridgehead atoms. The zero-order valence-corrected chi connectivity index (χ0v) is 17.8. The SMILES string of the molecule is Cl.Cl.NCCN1CCN(c2ccc3nc(N4CCNCC4)c(Cl)cc3c2)C1=O. The second-order valence-electron chi connectivity index (χ2n) is 6.62. The van der Waals surface area contributed by atoms with Crippen molar-refractivity contribution in [2.75, 3.05) is 62.2 Å². The van der Waals surface area contributed by atoms with Gasteiger partial charge in [-0.05, 0) is 24.3 Å². The molecule has 0 spiro atoms. The van der Waals surface area contributed by atoms with Gasteiger partial charge in [0.25, 0.3) is 0 Å². The van der Waals surface area contributed by atoms with Crippen LogP contribution in [0.25, 0.3) is 10.9 Å². The summed E-state index contributed by atoms with van der Waals surface area (Å²) in [5.74, 6) is 0.833. The highest BCUT2D eigenvalue weighted by molar-refractivity contribution is 6.33. The van der Waals surface area contributed by atoms with E-state index in [1.165, 1.54) is 0 Å². The van der Waals surface area contributed by atoms with Gasteiger partial charge in [0.2, 0.25) is 0 Å². The first-order valence-electron chi connectivity index (χ1n) is 9.00. The van der Waals surface area contributed by atoms with E-state index in [-0.39, 0.29) is 30.8 Å². The number of piperazine rings is 1. The Kier molecular flexibility index (Phi) is 7.97. The number of nitrogens with two attached hydrogens (primary N) is 1. The van der Waals surface area contributed by atoms with Crippen LogP contribution in [0.3, 0.4) is 0 Å². The number of hydrogen-bond donors (Lipinski definition) is 2. The number of carbonyl (C=O) groups excluding carboxylic acids is 1. The fourth-order valence-corrected chi connectivity index (χ4v) is 3.86. The van der Waals surface area contributed by atoms with E-state index >= 15 is 0 Å². The molecule has 0 atom stereocenters. The number of urea groups is 1. The molecular formula is C18H25Cl3N6O. The smallest absolute Gasteiger partial charge is 0.324 e. The summed E-state index contributed by atoms with van der Waals surface area (Å²) in [7, 11) is 0. The highest BCUT2D eigenvalue weighted by Gasteiger charge is 2.29. The molecule has 28 heavy (non-hydrogen) atoms. The number of anilines is 2. The van der Waals surface area contributed by atoms with Gasteiger partial charge in [0.15, 0.2) is 0 Å². The van der Waals surface area contributed by atoms with Gasteiger partial charge in [0, 0.05) is 63.4 Å². The van der Waals surface area contributed by atoms with Crippen LogP contribution in [0.4, 0.5) is 16.3 Å². The summed E-state index contributed by atoms with van der Waals surface area (Å²) in [6, 6.07) is 7.86. The molecule has 2 amide bonds. The maximum atomic E-state index is 12.5. The molecule has 2 aliphatic rings. The molecule has 0 unspecified atom stereocenters. The van der Waals surface area contributed by atoms with E-state index < -0.39 is 0 Å². The average molecular weight is 448 g/mol. The fraction of sp³-hybridized carbons (Fsp3) is 0.444. The first-order valence-corrected chi connectivity index (χ1v) is 9.37. The van der Waals surface area contributed by atoms with E-state index in [1.807, 2.05) is 24.3 Å². The summed E-state index contributed by atoms with van der Waals surface area (Å²) in [6.45, 7) is 6.11. The van der Waals surface area contributed by atoms with Crippen molar-refractivity contribution < 1.29 is 4.79 Å². The quantitative estimate of drug-likeness (QED) is 0.752. The summed E-state index contributed by atoms with van der Waals surface area (Å²) in [5, 5.41) is 4.92. The molecule has 7 nitrogen and oxygen atoms in total. The largest absolute Gasteiger partial charge is 0.353 e. The Labute approximate surface area is 182 Å². The average Bonchev–Trinajstić information content (AvgIpc) is 3.02. The Balaban J connectivity index is 0.00000140. The van der Waals surface area contributed by atoms with Gasteiger partial charge < -0.3 is 20.9 Å². The van der Waals surface area contributed by atoms with E-state index in [0.29, 0.717) is 31.2 Å². The third-order valence-corrected chi connectivity index (χ3v) is 5.23. The van der Waals surface area contributed by atoms with Gasteiger partial charge in [0.05, 0.1) is 10.5 Å². The number of fused-ring (bicyclic) bond motifs is 1. The van der Waals surface area contributed by atoms with Crippen LogP contribution in [0.1, 0.15) is 0 Å². The number of amides is 2. The Morgan fingerprint density at radius 3 is 2.57 bits per heavy atom. The number of nitrogens with one attached hydrogen (secondary N) is 1. The Morgan fingerprint density at radius 1 is 1.11 bits per heavy atom. The summed E-state index contributed by atoms with van der Waals surface area (Å²) in [5.41, 5.74) is 7.33. The molecule has 1 aromatic carbocycles. The lowest BCUT2D eigenvalue weighted by Gasteiger charge is -2.29. The van der Waals surface area contributed by atoms with Crippen LogP contribution in [0.2, 0.25) is 5.02 Å². The van der Waals surface area contributed by atoms with Crippen LogP contribution in [0, 0.1) is 0 Å². The summed E-state index contributed by atoms with van der Waals surface area (Å²) < 4.78 is 0. The third kappa shape index (κ3) is 4.39. The van der Waals surface area contributed by atoms with E-state index in [1.54, 1.807) is 9.80 Å². The molecule has 2 aromatic rings. The van der Waals surface area contributed by atoms with E-state index in [4.69, 9.17) is 22.3 Å². The van der Waals surface area contributed by atoms with Gasteiger partial charge in [-0.3, -0.25) is 4.90 Å². The second-order valence-corrected chi connectivity index (χ2v) is 7.02. The highest BCUT2D eigenvalue weighted by atomic mass is 35.5. The van der Waals surface area contributed by atoms with Crippen LogP contribution in [-0.2, 0) is 0 Å². The Morgan fingerprint density at radius 2 is 1.86 bits per heavy atom. The lowest BCUT2D eigenvalue weighted by molar-refractivity contribution is 0.222. The van der Waals surface area contributed by atoms with Gasteiger partial charge in [-0.25, -0.2) is 9.78 Å². The number of hydrogen-bond acceptors (Lipinski definition) is 5. The maximum Gasteiger partial charge on any atom is 0.324 e. The molecule has 0 saturated carbocycles. The lowest BCUT2D eigenvalue weighted by Crippen LogP contribution is -2.44. The number of aromatic nitrogens is 1. The maximum absolute atomic E-state index is 12.5. The monoisotopic (exact) mass is 446 g/mol. The van der Waals surface area contributed by atoms with E-state index in [0.717, 1.165) is 48.6 Å². The van der Waals surface area contributed by atoms with Crippen molar-refractivity contribution in [3.05, 3.63) is 29.3 Å². The van der Waals surface area contributed by atoms with E-state index in [9.17, 15) is 4.79 Å². The van der Waals surface area contributed by atoms with Crippen molar-refractivity contribution in [3.63, 3.8) is 0 Å². The Hall–Kier alpha value is -1.51. The van der Waals surface area contributed by atoms with Gasteiger partial charge in [-0.2, -0.15) is 0 Å². The van der Waals surface area contributed by atoms with Crippen LogP contribution in [0.5, 0.6) is 0 Å². The summed E-state index contributed by atoms with van der Waals surface area (Å²) in [6.07, 6.45) is 0. The highest BCUT2D eigenvalue weighted by Crippen LogP contribution is 2.31. The number of nitrogens with zero attached hydrogens (tertiary/aromatic N) is 4. The number of rotatable bonds is 4. The minimum absolute atomic E-state index is 0. The minimum atomic E-state index is 0. The number of carbonyl (C=O) groups is 1. The van der Waals surface area contributed by atoms with Gasteiger partial charge in [0.1, 0.15) is 5.82 Å². The van der Waals surface area contributed by atoms with Gasteiger partial charge in [-0.15, -0.1) is 24.8 Å². The normalized spacial score (nSPS) is 16.9. The zero-order valence-electron chi connectivity index (χ0n) is 15.4. The van der Waals surface area contributed by atoms with Crippen molar-refractivity contribution >= 4 is 64.9 Å². The van der Waals surface area contributed by atoms with Crippen molar-refractivity contribution in [2.24, 2.45) is 5.73 Å². The number of benzene rings is 1. The van der Waals surface area contributed by atoms with Crippen LogP contribution < -0.4 is 20.9 Å². The molecule has 0 aliphatic carbocycles. The summed E-state index contributed by atoms with van der Waals surface area (Å²) >= 11 is 6.51. The molecule has 4 rings (SSSR count). The minimum Gasteiger partial charge on any atom is -0.353 e. The molecule has 0 radical (unpaired) electrons. The second kappa shape index (κ2) is 9.80. The van der Waals surface area contributed by atoms with Crippen LogP contribution >= 0.6 is 36.4 Å². The van der Waals surface area contributed by atoms with Gasteiger partial charge >= 0.3 is 6.03 Å². The third-order valence-electron chi connectivity index (χ3n) is 4.96. The van der Waals surface area contributed by atoms with Crippen LogP contribution in [0.15, 0.2) is 24.3 Å². The van der Waals surface area contributed by atoms with Crippen molar-refractivity contribution in [3.8, 4) is 0 Å². The molecular weight excluding hydrogens is 423 g/mol. The van der Waals surface area contributed by atoms with Crippen LogP contribution in [-0.4, -0.2) is 68.3 Å². The fourth-order valence-electron chi connectivity index (χ4n) is 3.58. The first-order chi connectivity index (χ1) is 12.7. The molecule has 3 N–H and O–H groups in total. The molecule has 1 aromatic heterocycles. The zero-order chi connectivity index (χ0) is 18.1. The molecule has 3 heterocycles. The molecule has 10 heteroatoms. The standard InChI is InChI=1S/C18H23ClN6O.2ClH/c19-15-12-13-11-14(25-10-9-24(6-3-20)18(25)26)1-2-16(13)22-17(15)23-7-4-21-5-8-23;;/h1-2,11-12,21H,3-10,20H2;2*1H. The van der Waals surface area contributed by atoms with Crippen molar-refractivity contribution in [1.82, 2.24) is 15.2 Å². The molecule has 2 fully saturated rings. The Bertz CT molecular complexity index is 830. The number of halogens is 3. The summed E-state index contributed by atoms with van der Waals surface area (Å²) in [4.78, 5) is 23.0. The predicted molar refractivity (Wildman–Crippen MR) is 120 cm³/mol. The van der Waals surface area contributed by atoms with Crippen molar-refractivity contribution in [2.45, 2.75) is 0 Å². The van der Waals surface area contributed by atoms with Gasteiger partial charge in [-0.1, -0.05) is 11.6 Å². The molecule has 2 saturated heterocycles. The van der Waals surface area contributed by atoms with E-state index in [2.05, 4.69) is 10.2 Å². The lowest BCUT2D eigenvalue weighted by atomic mass is 10.2. The first kappa shape index (κ1) is 22.8. The predicted octanol–water partition coefficient (Wildman–Crippen LogP) is 2.34. The molecule has 2 aliphatic heterocycles. The number of pyridine rings is 1. The molecule has 154 valence electrons. The topological polar surface area (TPSA) is 77.7 Å².